The molecular formula is C15H25N3O. The summed E-state index contributed by atoms with van der Waals surface area (Å²) in [5, 5.41) is 4.27. The van der Waals surface area contributed by atoms with Crippen molar-refractivity contribution < 1.29 is 4.79 Å². The van der Waals surface area contributed by atoms with E-state index in [1.54, 1.807) is 6.20 Å². The summed E-state index contributed by atoms with van der Waals surface area (Å²) in [4.78, 5) is 12.8. The van der Waals surface area contributed by atoms with Gasteiger partial charge in [-0.2, -0.15) is 5.10 Å². The van der Waals surface area contributed by atoms with Gasteiger partial charge in [-0.15, -0.1) is 0 Å². The molecule has 106 valence electrons. The highest BCUT2D eigenvalue weighted by Crippen LogP contribution is 2.37. The van der Waals surface area contributed by atoms with Crippen molar-refractivity contribution in [1.82, 2.24) is 9.78 Å². The van der Waals surface area contributed by atoms with Gasteiger partial charge in [0.15, 0.2) is 5.78 Å². The maximum Gasteiger partial charge on any atom is 0.173 e. The molecule has 0 spiro atoms. The minimum Gasteiger partial charge on any atom is -0.329 e. The molecule has 1 aromatic heterocycles. The maximum absolute atomic E-state index is 12.8. The standard InChI is InChI=1S/C15H25N3O/c1-2-9-18-11-13(10-17-18)14(19)15(12-16)7-5-3-4-6-8-15/h10-11H,2-9,12,16H2,1H3. The number of aromatic nitrogens is 2. The van der Waals surface area contributed by atoms with E-state index < -0.39 is 0 Å². The van der Waals surface area contributed by atoms with Crippen molar-refractivity contribution in [2.75, 3.05) is 6.54 Å². The van der Waals surface area contributed by atoms with E-state index in [1.165, 1.54) is 12.8 Å². The molecule has 1 aliphatic carbocycles. The third-order valence-electron chi connectivity index (χ3n) is 4.28. The summed E-state index contributed by atoms with van der Waals surface area (Å²) >= 11 is 0. The van der Waals surface area contributed by atoms with Crippen LogP contribution in [0.2, 0.25) is 0 Å². The zero-order valence-corrected chi connectivity index (χ0v) is 11.9. The lowest BCUT2D eigenvalue weighted by atomic mass is 9.75. The molecule has 0 aromatic carbocycles. The Bertz CT molecular complexity index is 417. The van der Waals surface area contributed by atoms with Gasteiger partial charge in [-0.3, -0.25) is 9.48 Å². The van der Waals surface area contributed by atoms with E-state index in [-0.39, 0.29) is 11.2 Å². The highest BCUT2D eigenvalue weighted by atomic mass is 16.1. The zero-order chi connectivity index (χ0) is 13.7. The molecule has 2 N–H and O–H groups in total. The Labute approximate surface area is 115 Å². The highest BCUT2D eigenvalue weighted by Gasteiger charge is 2.38. The lowest BCUT2D eigenvalue weighted by molar-refractivity contribution is 0.0774. The Kier molecular flexibility index (Phi) is 4.75. The summed E-state index contributed by atoms with van der Waals surface area (Å²) in [5.74, 6) is 0.208. The number of rotatable bonds is 5. The minimum atomic E-state index is -0.337. The van der Waals surface area contributed by atoms with Crippen molar-refractivity contribution in [3.63, 3.8) is 0 Å². The molecule has 0 amide bonds. The van der Waals surface area contributed by atoms with E-state index in [9.17, 15) is 4.79 Å². The first-order valence-corrected chi connectivity index (χ1v) is 7.49. The Morgan fingerprint density at radius 2 is 2.05 bits per heavy atom. The largest absolute Gasteiger partial charge is 0.329 e. The number of carbonyl (C=O) groups is 1. The van der Waals surface area contributed by atoms with Crippen molar-refractivity contribution in [3.05, 3.63) is 18.0 Å². The number of Topliss-reactive ketones (excluding diaryl/α,β-unsaturated/α-hetero) is 1. The Balaban J connectivity index is 2.18. The van der Waals surface area contributed by atoms with Crippen LogP contribution < -0.4 is 5.73 Å². The first-order chi connectivity index (χ1) is 9.22. The van der Waals surface area contributed by atoms with Crippen LogP contribution >= 0.6 is 0 Å². The molecule has 0 bridgehead atoms. The smallest absolute Gasteiger partial charge is 0.173 e. The van der Waals surface area contributed by atoms with Gasteiger partial charge in [-0.05, 0) is 19.3 Å². The van der Waals surface area contributed by atoms with Crippen LogP contribution in [0.25, 0.3) is 0 Å². The summed E-state index contributed by atoms with van der Waals surface area (Å²) in [7, 11) is 0. The van der Waals surface area contributed by atoms with E-state index in [2.05, 4.69) is 12.0 Å². The molecule has 0 radical (unpaired) electrons. The SMILES string of the molecule is CCCn1cc(C(=O)C2(CN)CCCCCC2)cn1. The number of aryl methyl sites for hydroxylation is 1. The van der Waals surface area contributed by atoms with Crippen LogP contribution in [0.5, 0.6) is 0 Å². The molecule has 1 heterocycles. The summed E-state index contributed by atoms with van der Waals surface area (Å²) in [6, 6.07) is 0. The van der Waals surface area contributed by atoms with Crippen LogP contribution in [0.15, 0.2) is 12.4 Å². The molecule has 0 unspecified atom stereocenters. The van der Waals surface area contributed by atoms with Gasteiger partial charge in [0.05, 0.1) is 11.8 Å². The monoisotopic (exact) mass is 263 g/mol. The van der Waals surface area contributed by atoms with Gasteiger partial charge in [0.1, 0.15) is 0 Å². The lowest BCUT2D eigenvalue weighted by Gasteiger charge is -2.29. The first kappa shape index (κ1) is 14.3. The number of hydrogen-bond acceptors (Lipinski definition) is 3. The number of ketones is 1. The minimum absolute atomic E-state index is 0.208. The third-order valence-corrected chi connectivity index (χ3v) is 4.28. The van der Waals surface area contributed by atoms with Gasteiger partial charge in [0, 0.05) is 24.7 Å². The van der Waals surface area contributed by atoms with Crippen molar-refractivity contribution in [3.8, 4) is 0 Å². The van der Waals surface area contributed by atoms with Crippen molar-refractivity contribution in [2.24, 2.45) is 11.1 Å². The van der Waals surface area contributed by atoms with Crippen LogP contribution in [0.4, 0.5) is 0 Å². The van der Waals surface area contributed by atoms with Crippen molar-refractivity contribution >= 4 is 5.78 Å². The molecule has 1 aromatic rings. The lowest BCUT2D eigenvalue weighted by Crippen LogP contribution is -2.38. The summed E-state index contributed by atoms with van der Waals surface area (Å²) < 4.78 is 1.86. The van der Waals surface area contributed by atoms with Crippen LogP contribution in [0.1, 0.15) is 62.2 Å². The van der Waals surface area contributed by atoms with Crippen molar-refractivity contribution in [1.29, 1.82) is 0 Å². The number of nitrogens with two attached hydrogens (primary N) is 1. The van der Waals surface area contributed by atoms with Gasteiger partial charge in [-0.1, -0.05) is 32.6 Å². The zero-order valence-electron chi connectivity index (χ0n) is 11.9. The van der Waals surface area contributed by atoms with Gasteiger partial charge < -0.3 is 5.73 Å². The molecule has 1 aliphatic rings. The first-order valence-electron chi connectivity index (χ1n) is 7.49. The van der Waals surface area contributed by atoms with Crippen LogP contribution in [-0.2, 0) is 6.54 Å². The maximum atomic E-state index is 12.8. The summed E-state index contributed by atoms with van der Waals surface area (Å²) in [6.45, 7) is 3.43. The van der Waals surface area contributed by atoms with E-state index in [4.69, 9.17) is 5.73 Å². The summed E-state index contributed by atoms with van der Waals surface area (Å²) in [6.07, 6.45) is 11.2. The Hall–Kier alpha value is -1.16. The third kappa shape index (κ3) is 3.06. The van der Waals surface area contributed by atoms with Crippen molar-refractivity contribution in [2.45, 2.75) is 58.4 Å². The van der Waals surface area contributed by atoms with Gasteiger partial charge in [-0.25, -0.2) is 0 Å². The fourth-order valence-corrected chi connectivity index (χ4v) is 3.07. The average Bonchev–Trinajstić information content (AvgIpc) is 2.75. The Morgan fingerprint density at radius 3 is 2.63 bits per heavy atom. The predicted octanol–water partition coefficient (Wildman–Crippen LogP) is 2.78. The number of carbonyl (C=O) groups excluding carboxylic acids is 1. The fraction of sp³-hybridized carbons (Fsp3) is 0.733. The van der Waals surface area contributed by atoms with Crippen LogP contribution in [0, 0.1) is 5.41 Å². The molecule has 19 heavy (non-hydrogen) atoms. The van der Waals surface area contributed by atoms with Gasteiger partial charge in [0.25, 0.3) is 0 Å². The average molecular weight is 263 g/mol. The topological polar surface area (TPSA) is 60.9 Å². The molecule has 0 atom stereocenters. The van der Waals surface area contributed by atoms with E-state index >= 15 is 0 Å². The molecule has 0 saturated heterocycles. The van der Waals surface area contributed by atoms with Crippen LogP contribution in [0.3, 0.4) is 0 Å². The second-order valence-corrected chi connectivity index (χ2v) is 5.72. The quantitative estimate of drug-likeness (QED) is 0.656. The molecule has 0 aliphatic heterocycles. The van der Waals surface area contributed by atoms with E-state index in [0.717, 1.165) is 44.2 Å². The molecule has 1 fully saturated rings. The number of hydrogen-bond donors (Lipinski definition) is 1. The molecular weight excluding hydrogens is 238 g/mol. The molecule has 1 saturated carbocycles. The summed E-state index contributed by atoms with van der Waals surface area (Å²) in [5.41, 5.74) is 6.36. The highest BCUT2D eigenvalue weighted by molar-refractivity contribution is 6.00. The normalized spacial score (nSPS) is 19.1. The second kappa shape index (κ2) is 6.33. The van der Waals surface area contributed by atoms with Gasteiger partial charge in [0.2, 0.25) is 0 Å². The Morgan fingerprint density at radius 1 is 1.37 bits per heavy atom. The second-order valence-electron chi connectivity index (χ2n) is 5.72. The molecule has 2 rings (SSSR count). The van der Waals surface area contributed by atoms with Crippen LogP contribution in [-0.4, -0.2) is 22.1 Å². The fourth-order valence-electron chi connectivity index (χ4n) is 3.07. The van der Waals surface area contributed by atoms with E-state index in [1.807, 2.05) is 10.9 Å². The molecule has 4 nitrogen and oxygen atoms in total. The predicted molar refractivity (Wildman–Crippen MR) is 76.0 cm³/mol. The van der Waals surface area contributed by atoms with E-state index in [0.29, 0.717) is 6.54 Å². The molecule has 4 heteroatoms. The van der Waals surface area contributed by atoms with Gasteiger partial charge >= 0.3 is 0 Å². The number of nitrogens with zero attached hydrogens (tertiary/aromatic N) is 2.